The van der Waals surface area contributed by atoms with E-state index in [1.165, 1.54) is 49.6 Å². The minimum atomic E-state index is 0.590. The number of fused-ring (bicyclic) bond motifs is 1. The second-order valence-electron chi connectivity index (χ2n) is 7.04. The Morgan fingerprint density at radius 1 is 1.08 bits per heavy atom. The van der Waals surface area contributed by atoms with Gasteiger partial charge in [0.05, 0.1) is 30.3 Å². The van der Waals surface area contributed by atoms with Gasteiger partial charge in [0.1, 0.15) is 0 Å². The first-order valence-electron chi connectivity index (χ1n) is 8.93. The average Bonchev–Trinajstić information content (AvgIpc) is 3.05. The van der Waals surface area contributed by atoms with E-state index in [2.05, 4.69) is 37.8 Å². The van der Waals surface area contributed by atoms with Crippen LogP contribution in [0.5, 0.6) is 5.88 Å². The zero-order chi connectivity index (χ0) is 16.1. The largest absolute Gasteiger partial charge is 0.480 e. The molecule has 2 saturated carbocycles. The molecule has 0 radical (unpaired) electrons. The third-order valence-corrected chi connectivity index (χ3v) is 5.45. The molecule has 3 aromatic rings. The molecule has 124 valence electrons. The molecule has 0 atom stereocenters. The second-order valence-corrected chi connectivity index (χ2v) is 7.04. The highest BCUT2D eigenvalue weighted by Gasteiger charge is 2.26. The highest BCUT2D eigenvalue weighted by atomic mass is 16.5. The minimum Gasteiger partial charge on any atom is -0.480 e. The molecule has 0 amide bonds. The third-order valence-electron chi connectivity index (χ3n) is 5.45. The second kappa shape index (κ2) is 5.36. The molecule has 2 aliphatic carbocycles. The van der Waals surface area contributed by atoms with E-state index in [9.17, 15) is 0 Å². The number of methoxy groups -OCH3 is 1. The molecular weight excluding hydrogens is 300 g/mol. The van der Waals surface area contributed by atoms with Gasteiger partial charge in [-0.2, -0.15) is 5.10 Å². The third kappa shape index (κ3) is 2.14. The number of nitrogens with zero attached hydrogens (tertiary/aromatic N) is 4. The van der Waals surface area contributed by atoms with E-state index in [4.69, 9.17) is 4.74 Å². The normalized spacial score (nSPS) is 18.5. The quantitative estimate of drug-likeness (QED) is 0.717. The number of pyridine rings is 1. The van der Waals surface area contributed by atoms with Crippen LogP contribution in [0.2, 0.25) is 0 Å². The van der Waals surface area contributed by atoms with Crippen molar-refractivity contribution in [1.29, 1.82) is 0 Å². The lowest BCUT2D eigenvalue weighted by atomic mass is 10.1. The van der Waals surface area contributed by atoms with Crippen LogP contribution in [0, 0.1) is 0 Å². The van der Waals surface area contributed by atoms with Gasteiger partial charge in [0, 0.05) is 35.8 Å². The van der Waals surface area contributed by atoms with Gasteiger partial charge in [0.25, 0.3) is 0 Å². The maximum atomic E-state index is 5.58. The molecule has 0 bridgehead atoms. The van der Waals surface area contributed by atoms with Gasteiger partial charge in [0.15, 0.2) is 0 Å². The zero-order valence-electron chi connectivity index (χ0n) is 14.0. The molecule has 0 aromatic carbocycles. The molecule has 0 saturated heterocycles. The number of hydrogen-bond acceptors (Lipinski definition) is 3. The predicted octanol–water partition coefficient (Wildman–Crippen LogP) is 4.36. The van der Waals surface area contributed by atoms with Crippen LogP contribution in [0.15, 0.2) is 30.9 Å². The van der Waals surface area contributed by atoms with E-state index < -0.39 is 0 Å². The Hall–Kier alpha value is -2.30. The van der Waals surface area contributed by atoms with Crippen molar-refractivity contribution in [1.82, 2.24) is 19.3 Å². The predicted molar refractivity (Wildman–Crippen MR) is 93.3 cm³/mol. The first kappa shape index (κ1) is 14.1. The molecule has 3 aromatic heterocycles. The van der Waals surface area contributed by atoms with Gasteiger partial charge in [0.2, 0.25) is 5.88 Å². The number of rotatable bonds is 4. The summed E-state index contributed by atoms with van der Waals surface area (Å²) < 4.78 is 10.1. The lowest BCUT2D eigenvalue weighted by molar-refractivity contribution is 0.403. The van der Waals surface area contributed by atoms with E-state index in [1.54, 1.807) is 7.11 Å². The van der Waals surface area contributed by atoms with Crippen LogP contribution in [0.25, 0.3) is 22.0 Å². The molecule has 5 heteroatoms. The van der Waals surface area contributed by atoms with Crippen molar-refractivity contribution in [2.45, 2.75) is 50.6 Å². The van der Waals surface area contributed by atoms with Crippen LogP contribution in [0.4, 0.5) is 0 Å². The fourth-order valence-corrected chi connectivity index (χ4v) is 4.05. The van der Waals surface area contributed by atoms with Crippen molar-refractivity contribution >= 4 is 10.9 Å². The van der Waals surface area contributed by atoms with Gasteiger partial charge in [-0.05, 0) is 31.7 Å². The van der Waals surface area contributed by atoms with E-state index in [-0.39, 0.29) is 0 Å². The average molecular weight is 322 g/mol. The number of ether oxygens (including phenoxy) is 1. The van der Waals surface area contributed by atoms with E-state index >= 15 is 0 Å². The van der Waals surface area contributed by atoms with Crippen molar-refractivity contribution < 1.29 is 4.74 Å². The Morgan fingerprint density at radius 2 is 1.92 bits per heavy atom. The van der Waals surface area contributed by atoms with E-state index in [0.29, 0.717) is 18.0 Å². The van der Waals surface area contributed by atoms with Crippen molar-refractivity contribution in [3.05, 3.63) is 30.9 Å². The molecule has 0 aliphatic heterocycles. The fourth-order valence-electron chi connectivity index (χ4n) is 4.05. The topological polar surface area (TPSA) is 44.9 Å². The van der Waals surface area contributed by atoms with Crippen molar-refractivity contribution in [3.63, 3.8) is 0 Å². The van der Waals surface area contributed by atoms with E-state index in [1.807, 2.05) is 12.4 Å². The highest BCUT2D eigenvalue weighted by Crippen LogP contribution is 2.41. The molecule has 5 rings (SSSR count). The zero-order valence-corrected chi connectivity index (χ0v) is 14.0. The van der Waals surface area contributed by atoms with Crippen molar-refractivity contribution in [2.24, 2.45) is 0 Å². The summed E-state index contributed by atoms with van der Waals surface area (Å²) in [6.07, 6.45) is 16.0. The van der Waals surface area contributed by atoms with Gasteiger partial charge >= 0.3 is 0 Å². The minimum absolute atomic E-state index is 0.590. The molecule has 0 spiro atoms. The van der Waals surface area contributed by atoms with E-state index in [0.717, 1.165) is 10.9 Å². The van der Waals surface area contributed by atoms with Crippen molar-refractivity contribution in [3.8, 4) is 17.0 Å². The summed E-state index contributed by atoms with van der Waals surface area (Å²) in [5.74, 6) is 0.707. The van der Waals surface area contributed by atoms with Gasteiger partial charge in [-0.1, -0.05) is 12.8 Å². The van der Waals surface area contributed by atoms with Crippen LogP contribution in [-0.4, -0.2) is 26.4 Å². The Balaban J connectivity index is 1.70. The van der Waals surface area contributed by atoms with Gasteiger partial charge in [-0.25, -0.2) is 4.98 Å². The molecule has 3 heterocycles. The van der Waals surface area contributed by atoms with Crippen LogP contribution >= 0.6 is 0 Å². The standard InChI is InChI=1S/C19H22N4O/c1-24-19-18-16(13-10-21-23(11-13)15-6-7-15)12-22(14-4-2-3-5-14)17(18)8-9-20-19/h8-12,14-15H,2-7H2,1H3. The fraction of sp³-hybridized carbons (Fsp3) is 0.474. The maximum absolute atomic E-state index is 5.58. The maximum Gasteiger partial charge on any atom is 0.223 e. The van der Waals surface area contributed by atoms with Crippen LogP contribution in [0.3, 0.4) is 0 Å². The van der Waals surface area contributed by atoms with Gasteiger partial charge < -0.3 is 9.30 Å². The van der Waals surface area contributed by atoms with Gasteiger partial charge in [-0.3, -0.25) is 4.68 Å². The molecule has 0 unspecified atom stereocenters. The molecule has 2 aliphatic rings. The number of hydrogen-bond donors (Lipinski definition) is 0. The van der Waals surface area contributed by atoms with Gasteiger partial charge in [-0.15, -0.1) is 0 Å². The lowest BCUT2D eigenvalue weighted by Gasteiger charge is -2.13. The smallest absolute Gasteiger partial charge is 0.223 e. The summed E-state index contributed by atoms with van der Waals surface area (Å²) in [6, 6.07) is 3.30. The number of aromatic nitrogens is 4. The monoisotopic (exact) mass is 322 g/mol. The molecular formula is C19H22N4O. The lowest BCUT2D eigenvalue weighted by Crippen LogP contribution is -2.02. The SMILES string of the molecule is COc1nccc2c1c(-c1cnn(C3CC3)c1)cn2C1CCCC1. The summed E-state index contributed by atoms with van der Waals surface area (Å²) in [5, 5.41) is 5.68. The summed E-state index contributed by atoms with van der Waals surface area (Å²) in [5.41, 5.74) is 3.58. The molecule has 5 nitrogen and oxygen atoms in total. The Morgan fingerprint density at radius 3 is 2.67 bits per heavy atom. The Kier molecular flexibility index (Phi) is 3.15. The van der Waals surface area contributed by atoms with Crippen molar-refractivity contribution in [2.75, 3.05) is 7.11 Å². The first-order valence-corrected chi connectivity index (χ1v) is 8.93. The summed E-state index contributed by atoms with van der Waals surface area (Å²) >= 11 is 0. The Bertz CT molecular complexity index is 884. The first-order chi connectivity index (χ1) is 11.8. The Labute approximate surface area is 141 Å². The molecule has 24 heavy (non-hydrogen) atoms. The summed E-state index contributed by atoms with van der Waals surface area (Å²) in [6.45, 7) is 0. The van der Waals surface area contributed by atoms with Crippen LogP contribution in [0.1, 0.15) is 50.6 Å². The molecule has 2 fully saturated rings. The summed E-state index contributed by atoms with van der Waals surface area (Å²) in [7, 11) is 1.70. The van der Waals surface area contributed by atoms with Crippen LogP contribution in [-0.2, 0) is 0 Å². The highest BCUT2D eigenvalue weighted by molar-refractivity contribution is 5.99. The van der Waals surface area contributed by atoms with Crippen LogP contribution < -0.4 is 4.74 Å². The molecule has 0 N–H and O–H groups in total. The summed E-state index contributed by atoms with van der Waals surface area (Å²) in [4.78, 5) is 4.44.